The monoisotopic (exact) mass is 457 g/mol. The molecule has 1 aliphatic carbocycles. The minimum atomic E-state index is -0.399. The van der Waals surface area contributed by atoms with E-state index in [1.54, 1.807) is 23.0 Å². The van der Waals surface area contributed by atoms with Crippen molar-refractivity contribution in [3.8, 4) is 11.4 Å². The first-order chi connectivity index (χ1) is 15.1. The molecule has 0 bridgehead atoms. The number of cyclic esters (lactones) is 1. The van der Waals surface area contributed by atoms with Crippen molar-refractivity contribution in [2.45, 2.75) is 43.4 Å². The van der Waals surface area contributed by atoms with Crippen LogP contribution in [0.4, 0.5) is 4.79 Å². The second-order valence-electron chi connectivity index (χ2n) is 7.70. The molecule has 1 fully saturated rings. The van der Waals surface area contributed by atoms with Crippen LogP contribution in [-0.4, -0.2) is 41.2 Å². The number of nitrogens with one attached hydrogen (secondary N) is 1. The molecule has 1 amide bonds. The Hall–Kier alpha value is -2.52. The number of aryl methyl sites for hydroxylation is 2. The number of rotatable bonds is 5. The Morgan fingerprint density at radius 3 is 2.77 bits per heavy atom. The first-order valence-electron chi connectivity index (χ1n) is 10.4. The molecule has 0 unspecified atom stereocenters. The van der Waals surface area contributed by atoms with Gasteiger partial charge in [-0.05, 0) is 55.5 Å². The van der Waals surface area contributed by atoms with Crippen molar-refractivity contribution >= 4 is 39.4 Å². The van der Waals surface area contributed by atoms with E-state index in [4.69, 9.17) is 14.5 Å². The maximum atomic E-state index is 13.8. The summed E-state index contributed by atoms with van der Waals surface area (Å²) in [5.41, 5.74) is 1.90. The van der Waals surface area contributed by atoms with Gasteiger partial charge in [0.15, 0.2) is 5.16 Å². The first-order valence-corrected chi connectivity index (χ1v) is 12.2. The van der Waals surface area contributed by atoms with E-state index in [-0.39, 0.29) is 11.7 Å². The average Bonchev–Trinajstić information content (AvgIpc) is 3.27. The molecule has 31 heavy (non-hydrogen) atoms. The molecule has 0 saturated carbocycles. The molecule has 0 radical (unpaired) electrons. The number of alkyl carbamates (subject to hydrolysis) is 1. The van der Waals surface area contributed by atoms with Crippen LogP contribution in [0.3, 0.4) is 0 Å². The second kappa shape index (κ2) is 8.55. The SMILES string of the molecule is COc1ccc(-n2c(SC[C@@H]3CNC(=O)O3)nc3sc4c(c3c2=O)CCCCC4)cc1. The molecule has 1 saturated heterocycles. The van der Waals surface area contributed by atoms with E-state index in [2.05, 4.69) is 5.32 Å². The number of hydrogen-bond acceptors (Lipinski definition) is 7. The number of ether oxygens (including phenoxy) is 2. The van der Waals surface area contributed by atoms with Crippen molar-refractivity contribution in [3.63, 3.8) is 0 Å². The van der Waals surface area contributed by atoms with E-state index in [1.165, 1.54) is 28.6 Å². The van der Waals surface area contributed by atoms with Crippen molar-refractivity contribution in [1.29, 1.82) is 0 Å². The molecule has 162 valence electrons. The predicted octanol–water partition coefficient (Wildman–Crippen LogP) is 3.93. The minimum absolute atomic E-state index is 0.0291. The fourth-order valence-corrected chi connectivity index (χ4v) is 6.41. The molecule has 3 heterocycles. The molecular weight excluding hydrogens is 434 g/mol. The number of carbonyl (C=O) groups is 1. The Balaban J connectivity index is 1.62. The summed E-state index contributed by atoms with van der Waals surface area (Å²) in [6, 6.07) is 7.44. The number of thioether (sulfide) groups is 1. The van der Waals surface area contributed by atoms with Crippen LogP contribution in [0.2, 0.25) is 0 Å². The van der Waals surface area contributed by atoms with Crippen LogP contribution in [0, 0.1) is 0 Å². The number of methoxy groups -OCH3 is 1. The van der Waals surface area contributed by atoms with Crippen molar-refractivity contribution in [2.24, 2.45) is 0 Å². The van der Waals surface area contributed by atoms with Gasteiger partial charge in [-0.15, -0.1) is 11.3 Å². The number of hydrogen-bond donors (Lipinski definition) is 1. The molecule has 7 nitrogen and oxygen atoms in total. The Labute approximate surface area is 187 Å². The number of nitrogens with zero attached hydrogens (tertiary/aromatic N) is 2. The molecule has 1 N–H and O–H groups in total. The fraction of sp³-hybridized carbons (Fsp3) is 0.409. The Morgan fingerprint density at radius 2 is 2.03 bits per heavy atom. The smallest absolute Gasteiger partial charge is 0.407 e. The number of aromatic nitrogens is 2. The lowest BCUT2D eigenvalue weighted by atomic mass is 10.1. The standard InChI is InChI=1S/C22H23N3O4S2/c1-28-14-9-7-13(8-10-14)25-20(26)18-16-5-3-2-4-6-17(16)31-19(18)24-21(25)30-12-15-11-23-22(27)29-15/h7-10,15H,2-6,11-12H2,1H3,(H,23,27)/t15-/m0/s1. The second-order valence-corrected chi connectivity index (χ2v) is 9.77. The molecule has 5 rings (SSSR count). The zero-order valence-electron chi connectivity index (χ0n) is 17.2. The molecule has 1 atom stereocenters. The average molecular weight is 458 g/mol. The highest BCUT2D eigenvalue weighted by atomic mass is 32.2. The fourth-order valence-electron chi connectivity index (χ4n) is 4.11. The molecule has 2 aromatic heterocycles. The Bertz CT molecular complexity index is 1190. The first kappa shape index (κ1) is 20.4. The summed E-state index contributed by atoms with van der Waals surface area (Å²) in [5.74, 6) is 1.26. The topological polar surface area (TPSA) is 82.4 Å². The molecule has 2 aliphatic rings. The number of thiophene rings is 1. The van der Waals surface area contributed by atoms with Crippen LogP contribution in [-0.2, 0) is 17.6 Å². The van der Waals surface area contributed by atoms with Crippen LogP contribution >= 0.6 is 23.1 Å². The van der Waals surface area contributed by atoms with Gasteiger partial charge < -0.3 is 14.8 Å². The van der Waals surface area contributed by atoms with Crippen molar-refractivity contribution in [2.75, 3.05) is 19.4 Å². The molecule has 9 heteroatoms. The molecule has 0 spiro atoms. The van der Waals surface area contributed by atoms with Gasteiger partial charge in [-0.25, -0.2) is 9.78 Å². The minimum Gasteiger partial charge on any atom is -0.497 e. The van der Waals surface area contributed by atoms with Gasteiger partial charge in [-0.2, -0.15) is 0 Å². The highest BCUT2D eigenvalue weighted by Gasteiger charge is 2.26. The summed E-state index contributed by atoms with van der Waals surface area (Å²) < 4.78 is 12.2. The lowest BCUT2D eigenvalue weighted by molar-refractivity contribution is 0.150. The van der Waals surface area contributed by atoms with Crippen LogP contribution in [0.5, 0.6) is 5.75 Å². The highest BCUT2D eigenvalue weighted by molar-refractivity contribution is 7.99. The maximum absolute atomic E-state index is 13.8. The largest absolute Gasteiger partial charge is 0.497 e. The van der Waals surface area contributed by atoms with Gasteiger partial charge in [-0.1, -0.05) is 18.2 Å². The van der Waals surface area contributed by atoms with Crippen LogP contribution < -0.4 is 15.6 Å². The van der Waals surface area contributed by atoms with E-state index in [1.807, 2.05) is 24.3 Å². The van der Waals surface area contributed by atoms with Crippen LogP contribution in [0.25, 0.3) is 15.9 Å². The lowest BCUT2D eigenvalue weighted by Crippen LogP contribution is -2.23. The molecule has 1 aromatic carbocycles. The Kier molecular flexibility index (Phi) is 5.62. The van der Waals surface area contributed by atoms with E-state index < -0.39 is 6.09 Å². The third-order valence-electron chi connectivity index (χ3n) is 5.68. The lowest BCUT2D eigenvalue weighted by Gasteiger charge is -2.14. The van der Waals surface area contributed by atoms with Crippen molar-refractivity contribution in [1.82, 2.24) is 14.9 Å². The van der Waals surface area contributed by atoms with Gasteiger partial charge in [0.05, 0.1) is 24.7 Å². The normalized spacial score (nSPS) is 18.4. The van der Waals surface area contributed by atoms with Crippen molar-refractivity contribution < 1.29 is 14.3 Å². The summed E-state index contributed by atoms with van der Waals surface area (Å²) in [6.07, 6.45) is 4.78. The quantitative estimate of drug-likeness (QED) is 0.355. The molecule has 3 aromatic rings. The van der Waals surface area contributed by atoms with Gasteiger partial charge in [0.2, 0.25) is 0 Å². The molecule has 1 aliphatic heterocycles. The van der Waals surface area contributed by atoms with E-state index in [0.717, 1.165) is 47.3 Å². The number of carbonyl (C=O) groups excluding carboxylic acids is 1. The zero-order chi connectivity index (χ0) is 21.4. The van der Waals surface area contributed by atoms with Gasteiger partial charge in [0, 0.05) is 10.6 Å². The maximum Gasteiger partial charge on any atom is 0.407 e. The number of amides is 1. The van der Waals surface area contributed by atoms with Gasteiger partial charge in [-0.3, -0.25) is 9.36 Å². The van der Waals surface area contributed by atoms with Gasteiger partial charge in [0.25, 0.3) is 5.56 Å². The zero-order valence-corrected chi connectivity index (χ0v) is 18.8. The molecular formula is C22H23N3O4S2. The summed E-state index contributed by atoms with van der Waals surface area (Å²) in [4.78, 5) is 32.2. The van der Waals surface area contributed by atoms with Crippen LogP contribution in [0.15, 0.2) is 34.2 Å². The van der Waals surface area contributed by atoms with Crippen molar-refractivity contribution in [3.05, 3.63) is 45.1 Å². The highest BCUT2D eigenvalue weighted by Crippen LogP contribution is 2.35. The third kappa shape index (κ3) is 3.92. The number of fused-ring (bicyclic) bond motifs is 3. The van der Waals surface area contributed by atoms with Gasteiger partial charge in [0.1, 0.15) is 16.7 Å². The summed E-state index contributed by atoms with van der Waals surface area (Å²) in [5, 5.41) is 4.04. The third-order valence-corrected chi connectivity index (χ3v) is 7.94. The van der Waals surface area contributed by atoms with E-state index >= 15 is 0 Å². The summed E-state index contributed by atoms with van der Waals surface area (Å²) in [6.45, 7) is 0.466. The van der Waals surface area contributed by atoms with E-state index in [0.29, 0.717) is 17.5 Å². The predicted molar refractivity (Wildman–Crippen MR) is 122 cm³/mol. The van der Waals surface area contributed by atoms with E-state index in [9.17, 15) is 9.59 Å². The summed E-state index contributed by atoms with van der Waals surface area (Å²) >= 11 is 3.09. The summed E-state index contributed by atoms with van der Waals surface area (Å²) in [7, 11) is 1.62. The van der Waals surface area contributed by atoms with Crippen LogP contribution in [0.1, 0.15) is 29.7 Å². The number of benzene rings is 1. The van der Waals surface area contributed by atoms with Gasteiger partial charge >= 0.3 is 6.09 Å². The Morgan fingerprint density at radius 1 is 1.23 bits per heavy atom.